The predicted octanol–water partition coefficient (Wildman–Crippen LogP) is 2.18. The van der Waals surface area contributed by atoms with E-state index in [1.165, 1.54) is 11.8 Å². The van der Waals surface area contributed by atoms with Crippen molar-refractivity contribution in [2.24, 2.45) is 0 Å². The van der Waals surface area contributed by atoms with Gasteiger partial charge in [0.05, 0.1) is 11.6 Å². The molecular formula is C16H12N4O2S. The number of nitrogens with zero attached hydrogens (tertiary/aromatic N) is 1. The van der Waals surface area contributed by atoms with Crippen LogP contribution in [0.2, 0.25) is 0 Å². The fourth-order valence-corrected chi connectivity index (χ4v) is 2.92. The van der Waals surface area contributed by atoms with Crippen LogP contribution in [0.5, 0.6) is 0 Å². The van der Waals surface area contributed by atoms with Gasteiger partial charge in [-0.3, -0.25) is 10.9 Å². The highest BCUT2D eigenvalue weighted by atomic mass is 32.2. The van der Waals surface area contributed by atoms with E-state index in [1.54, 1.807) is 12.1 Å². The molecule has 0 saturated heterocycles. The third-order valence-corrected chi connectivity index (χ3v) is 4.24. The quantitative estimate of drug-likeness (QED) is 0.684. The normalized spacial score (nSPS) is 13.2. The van der Waals surface area contributed by atoms with Crippen LogP contribution in [0.4, 0.5) is 0 Å². The average Bonchev–Trinajstić information content (AvgIpc) is 3.04. The van der Waals surface area contributed by atoms with Gasteiger partial charge in [-0.15, -0.1) is 5.53 Å². The zero-order valence-corrected chi connectivity index (χ0v) is 12.6. The molecule has 4 N–H and O–H groups in total. The number of hydrogen-bond donors (Lipinski definition) is 4. The van der Waals surface area contributed by atoms with E-state index in [0.717, 1.165) is 16.0 Å². The standard InChI is InChI=1S/C16H12N4O2S/c17-9-10-1-3-11(4-2-10)12-5-7-13(8-6-12)23-15-14(16(21)22)18-20-19-15/h1-8,18-20H,(H,21,22). The van der Waals surface area contributed by atoms with E-state index in [9.17, 15) is 4.79 Å². The van der Waals surface area contributed by atoms with Crippen molar-refractivity contribution in [3.05, 3.63) is 64.8 Å². The monoisotopic (exact) mass is 324 g/mol. The highest BCUT2D eigenvalue weighted by molar-refractivity contribution is 8.03. The van der Waals surface area contributed by atoms with Gasteiger partial charge >= 0.3 is 5.97 Å². The molecule has 0 spiro atoms. The summed E-state index contributed by atoms with van der Waals surface area (Å²) in [6.07, 6.45) is 0. The zero-order valence-electron chi connectivity index (χ0n) is 11.8. The van der Waals surface area contributed by atoms with Crippen molar-refractivity contribution < 1.29 is 9.90 Å². The molecule has 0 aliphatic carbocycles. The Kier molecular flexibility index (Phi) is 4.19. The first-order valence-electron chi connectivity index (χ1n) is 6.70. The summed E-state index contributed by atoms with van der Waals surface area (Å²) in [5.41, 5.74) is 10.6. The molecule has 2 aromatic carbocycles. The van der Waals surface area contributed by atoms with Crippen molar-refractivity contribution >= 4 is 17.7 Å². The summed E-state index contributed by atoms with van der Waals surface area (Å²) in [7, 11) is 0. The molecule has 0 radical (unpaired) electrons. The Morgan fingerprint density at radius 3 is 2.17 bits per heavy atom. The second-order valence-electron chi connectivity index (χ2n) is 4.70. The summed E-state index contributed by atoms with van der Waals surface area (Å²) in [5, 5.41) is 18.4. The van der Waals surface area contributed by atoms with Gasteiger partial charge in [0.15, 0.2) is 5.70 Å². The van der Waals surface area contributed by atoms with Crippen LogP contribution < -0.4 is 16.4 Å². The van der Waals surface area contributed by atoms with E-state index in [0.29, 0.717) is 10.6 Å². The molecule has 0 amide bonds. The molecule has 1 heterocycles. The number of nitriles is 1. The van der Waals surface area contributed by atoms with Crippen LogP contribution in [0.1, 0.15) is 5.56 Å². The smallest absolute Gasteiger partial charge is 0.356 e. The fourth-order valence-electron chi connectivity index (χ4n) is 2.07. The van der Waals surface area contributed by atoms with Crippen LogP contribution in [0.25, 0.3) is 11.1 Å². The molecule has 6 nitrogen and oxygen atoms in total. The molecular weight excluding hydrogens is 312 g/mol. The van der Waals surface area contributed by atoms with Crippen molar-refractivity contribution in [1.29, 1.82) is 5.26 Å². The Bertz CT molecular complexity index is 807. The van der Waals surface area contributed by atoms with E-state index >= 15 is 0 Å². The number of benzene rings is 2. The summed E-state index contributed by atoms with van der Waals surface area (Å²) in [6.45, 7) is 0. The van der Waals surface area contributed by atoms with Gasteiger partial charge in [-0.25, -0.2) is 4.79 Å². The lowest BCUT2D eigenvalue weighted by atomic mass is 10.0. The topological polar surface area (TPSA) is 97.2 Å². The van der Waals surface area contributed by atoms with Crippen molar-refractivity contribution in [3.63, 3.8) is 0 Å². The molecule has 0 unspecified atom stereocenters. The Morgan fingerprint density at radius 1 is 1.00 bits per heavy atom. The van der Waals surface area contributed by atoms with Gasteiger partial charge in [-0.1, -0.05) is 36.0 Å². The van der Waals surface area contributed by atoms with Gasteiger partial charge in [0.25, 0.3) is 0 Å². The maximum atomic E-state index is 11.1. The second kappa shape index (κ2) is 6.44. The third-order valence-electron chi connectivity index (χ3n) is 3.23. The van der Waals surface area contributed by atoms with Gasteiger partial charge in [0.1, 0.15) is 5.03 Å². The lowest BCUT2D eigenvalue weighted by Gasteiger charge is -2.06. The lowest BCUT2D eigenvalue weighted by Crippen LogP contribution is -2.33. The third kappa shape index (κ3) is 3.29. The van der Waals surface area contributed by atoms with Gasteiger partial charge < -0.3 is 5.11 Å². The average molecular weight is 324 g/mol. The molecule has 0 aromatic heterocycles. The number of carbonyl (C=O) groups is 1. The molecule has 0 bridgehead atoms. The number of thioether (sulfide) groups is 1. The van der Waals surface area contributed by atoms with Gasteiger partial charge in [0, 0.05) is 4.90 Å². The Labute approximate surface area is 136 Å². The molecule has 7 heteroatoms. The van der Waals surface area contributed by atoms with Crippen LogP contribution in [0.3, 0.4) is 0 Å². The van der Waals surface area contributed by atoms with Crippen LogP contribution in [0, 0.1) is 11.3 Å². The van der Waals surface area contributed by atoms with Crippen molar-refractivity contribution in [1.82, 2.24) is 16.4 Å². The lowest BCUT2D eigenvalue weighted by molar-refractivity contribution is -0.133. The maximum absolute atomic E-state index is 11.1. The molecule has 0 saturated carbocycles. The number of carboxylic acid groups (broad SMARTS) is 1. The first kappa shape index (κ1) is 15.0. The first-order chi connectivity index (χ1) is 11.2. The summed E-state index contributed by atoms with van der Waals surface area (Å²) in [6, 6.07) is 17.2. The van der Waals surface area contributed by atoms with Crippen LogP contribution in [-0.2, 0) is 4.79 Å². The number of hydrazine groups is 2. The van der Waals surface area contributed by atoms with Crippen molar-refractivity contribution in [2.75, 3.05) is 0 Å². The van der Waals surface area contributed by atoms with E-state index in [1.807, 2.05) is 36.4 Å². The summed E-state index contributed by atoms with van der Waals surface area (Å²) in [5.74, 6) is -1.03. The second-order valence-corrected chi connectivity index (χ2v) is 5.78. The number of rotatable bonds is 4. The van der Waals surface area contributed by atoms with Crippen LogP contribution >= 0.6 is 11.8 Å². The molecule has 1 aliphatic heterocycles. The fraction of sp³-hybridized carbons (Fsp3) is 0. The number of hydrogen-bond acceptors (Lipinski definition) is 6. The minimum atomic E-state index is -1.03. The molecule has 0 atom stereocenters. The van der Waals surface area contributed by atoms with E-state index in [4.69, 9.17) is 10.4 Å². The van der Waals surface area contributed by atoms with E-state index in [-0.39, 0.29) is 5.70 Å². The minimum Gasteiger partial charge on any atom is -0.476 e. The Morgan fingerprint density at radius 2 is 1.61 bits per heavy atom. The number of carboxylic acids is 1. The highest BCUT2D eigenvalue weighted by Crippen LogP contribution is 2.29. The molecule has 2 aromatic rings. The van der Waals surface area contributed by atoms with E-state index in [2.05, 4.69) is 22.5 Å². The number of nitrogens with one attached hydrogen (secondary N) is 3. The molecule has 3 rings (SSSR count). The maximum Gasteiger partial charge on any atom is 0.356 e. The Hall–Kier alpha value is -2.95. The Balaban J connectivity index is 1.78. The SMILES string of the molecule is N#Cc1ccc(-c2ccc(SC3=C(C(=O)O)NNN3)cc2)cc1. The number of aliphatic carboxylic acids is 1. The van der Waals surface area contributed by atoms with Crippen molar-refractivity contribution in [2.45, 2.75) is 4.90 Å². The van der Waals surface area contributed by atoms with E-state index < -0.39 is 5.97 Å². The molecule has 114 valence electrons. The first-order valence-corrected chi connectivity index (χ1v) is 7.52. The van der Waals surface area contributed by atoms with Gasteiger partial charge in [0.2, 0.25) is 0 Å². The van der Waals surface area contributed by atoms with Crippen LogP contribution in [-0.4, -0.2) is 11.1 Å². The van der Waals surface area contributed by atoms with Gasteiger partial charge in [-0.2, -0.15) is 5.26 Å². The van der Waals surface area contributed by atoms with Crippen molar-refractivity contribution in [3.8, 4) is 17.2 Å². The highest BCUT2D eigenvalue weighted by Gasteiger charge is 2.20. The summed E-state index contributed by atoms with van der Waals surface area (Å²) in [4.78, 5) is 12.0. The zero-order chi connectivity index (χ0) is 16.2. The van der Waals surface area contributed by atoms with Crippen LogP contribution in [0.15, 0.2) is 64.2 Å². The predicted molar refractivity (Wildman–Crippen MR) is 86.5 cm³/mol. The molecule has 0 fully saturated rings. The molecule has 1 aliphatic rings. The molecule has 23 heavy (non-hydrogen) atoms. The summed E-state index contributed by atoms with van der Waals surface area (Å²) >= 11 is 1.32. The summed E-state index contributed by atoms with van der Waals surface area (Å²) < 4.78 is 0. The largest absolute Gasteiger partial charge is 0.476 e. The van der Waals surface area contributed by atoms with Gasteiger partial charge in [-0.05, 0) is 35.4 Å². The minimum absolute atomic E-state index is 0.0890.